The van der Waals surface area contributed by atoms with Gasteiger partial charge in [-0.15, -0.1) is 11.8 Å². The number of carbonyl (C=O) groups is 4. The first-order valence-corrected chi connectivity index (χ1v) is 16.5. The van der Waals surface area contributed by atoms with Crippen molar-refractivity contribution in [2.75, 3.05) is 17.2 Å². The highest BCUT2D eigenvalue weighted by molar-refractivity contribution is 8.00. The molecule has 8 nitrogen and oxygen atoms in total. The second kappa shape index (κ2) is 17.4. The molecule has 1 unspecified atom stereocenters. The van der Waals surface area contributed by atoms with Crippen molar-refractivity contribution in [2.45, 2.75) is 36.8 Å². The number of benzene rings is 4. The number of halogens is 2. The molecule has 0 spiro atoms. The van der Waals surface area contributed by atoms with Crippen LogP contribution in [0.3, 0.4) is 0 Å². The molecule has 0 heterocycles. The molecule has 47 heavy (non-hydrogen) atoms. The zero-order valence-electron chi connectivity index (χ0n) is 25.7. The monoisotopic (exact) mass is 689 g/mol. The third kappa shape index (κ3) is 10.5. The van der Waals surface area contributed by atoms with E-state index in [0.717, 1.165) is 17.7 Å². The number of nitrogens with one attached hydrogen (secondary N) is 3. The maximum Gasteiger partial charge on any atom is 0.338 e. The highest BCUT2D eigenvalue weighted by Crippen LogP contribution is 2.29. The van der Waals surface area contributed by atoms with Gasteiger partial charge >= 0.3 is 5.97 Å². The van der Waals surface area contributed by atoms with Crippen molar-refractivity contribution in [3.63, 3.8) is 0 Å². The Hall–Kier alpha value is -4.57. The Balaban J connectivity index is 1.42. The molecule has 0 bridgehead atoms. The van der Waals surface area contributed by atoms with E-state index in [4.69, 9.17) is 27.9 Å². The largest absolute Gasteiger partial charge is 0.462 e. The van der Waals surface area contributed by atoms with Crippen molar-refractivity contribution < 1.29 is 23.9 Å². The van der Waals surface area contributed by atoms with Crippen molar-refractivity contribution in [2.24, 2.45) is 0 Å². The molecular weight excluding hydrogens is 657 g/mol. The molecule has 242 valence electrons. The molecule has 0 aliphatic rings. The Kier molecular flexibility index (Phi) is 13.0. The maximum atomic E-state index is 13.5. The zero-order chi connectivity index (χ0) is 33.8. The number of ether oxygens (including phenoxy) is 1. The smallest absolute Gasteiger partial charge is 0.338 e. The molecular formula is C36H33Cl2N3O5S. The van der Waals surface area contributed by atoms with Crippen LogP contribution in [0, 0.1) is 0 Å². The molecule has 0 fully saturated rings. The number of hydrogen-bond donors (Lipinski definition) is 3. The zero-order valence-corrected chi connectivity index (χ0v) is 28.0. The van der Waals surface area contributed by atoms with Crippen LogP contribution in [0.15, 0.2) is 108 Å². The molecule has 3 amide bonds. The molecule has 0 aromatic heterocycles. The lowest BCUT2D eigenvalue weighted by Gasteiger charge is -2.14. The second-order valence-corrected chi connectivity index (χ2v) is 12.5. The molecule has 4 rings (SSSR count). The van der Waals surface area contributed by atoms with Crippen LogP contribution in [0.1, 0.15) is 53.0 Å². The third-order valence-electron chi connectivity index (χ3n) is 6.70. The normalized spacial score (nSPS) is 11.7. The average molecular weight is 691 g/mol. The van der Waals surface area contributed by atoms with Crippen molar-refractivity contribution in [1.29, 1.82) is 0 Å². The second-order valence-electron chi connectivity index (χ2n) is 10.3. The highest BCUT2D eigenvalue weighted by Gasteiger charge is 2.18. The summed E-state index contributed by atoms with van der Waals surface area (Å²) in [4.78, 5) is 52.3. The van der Waals surface area contributed by atoms with Gasteiger partial charge in [-0.25, -0.2) is 4.79 Å². The molecule has 11 heteroatoms. The predicted octanol–water partition coefficient (Wildman–Crippen LogP) is 8.48. The summed E-state index contributed by atoms with van der Waals surface area (Å²) in [5, 5.41) is 8.40. The van der Waals surface area contributed by atoms with Gasteiger partial charge in [0.25, 0.3) is 11.8 Å². The van der Waals surface area contributed by atoms with E-state index < -0.39 is 23.0 Å². The fourth-order valence-corrected chi connectivity index (χ4v) is 5.45. The number of esters is 1. The minimum absolute atomic E-state index is 0.0472. The standard InChI is InChI=1S/C36H33Cl2N3O5S/c1-3-4-20-46-36(45)25-16-18-27(19-17-25)39-33(42)23(2)47-29-14-9-13-28(22-29)40-35(44)31(21-26-12-8-15-30(37)32(26)38)41-34(43)24-10-6-5-7-11-24/h5-19,21-23H,3-4,20H2,1-2H3,(H,39,42)(H,40,44)(H,41,43)/b31-21+. The van der Waals surface area contributed by atoms with Crippen molar-refractivity contribution in [3.8, 4) is 0 Å². The van der Waals surface area contributed by atoms with Crippen molar-refractivity contribution in [1.82, 2.24) is 5.32 Å². The molecule has 0 saturated heterocycles. The number of unbranched alkanes of at least 4 members (excludes halogenated alkanes) is 1. The van der Waals surface area contributed by atoms with Gasteiger partial charge in [-0.3, -0.25) is 14.4 Å². The lowest BCUT2D eigenvalue weighted by molar-refractivity contribution is -0.115. The molecule has 0 aliphatic heterocycles. The van der Waals surface area contributed by atoms with Crippen LogP contribution in [-0.4, -0.2) is 35.5 Å². The summed E-state index contributed by atoms with van der Waals surface area (Å²) in [7, 11) is 0. The van der Waals surface area contributed by atoms with E-state index in [-0.39, 0.29) is 16.6 Å². The summed E-state index contributed by atoms with van der Waals surface area (Å²) in [5.41, 5.74) is 2.18. The van der Waals surface area contributed by atoms with Gasteiger partial charge in [0, 0.05) is 21.8 Å². The van der Waals surface area contributed by atoms with E-state index in [2.05, 4.69) is 16.0 Å². The lowest BCUT2D eigenvalue weighted by Crippen LogP contribution is -2.30. The topological polar surface area (TPSA) is 114 Å². The maximum absolute atomic E-state index is 13.5. The summed E-state index contributed by atoms with van der Waals surface area (Å²) in [6, 6.07) is 27.0. The van der Waals surface area contributed by atoms with Crippen LogP contribution < -0.4 is 16.0 Å². The van der Waals surface area contributed by atoms with Gasteiger partial charge in [-0.1, -0.05) is 72.9 Å². The van der Waals surface area contributed by atoms with Crippen LogP contribution in [0.25, 0.3) is 6.08 Å². The van der Waals surface area contributed by atoms with Gasteiger partial charge < -0.3 is 20.7 Å². The van der Waals surface area contributed by atoms with Gasteiger partial charge in [-0.2, -0.15) is 0 Å². The number of carbonyl (C=O) groups excluding carboxylic acids is 4. The van der Waals surface area contributed by atoms with E-state index in [1.54, 1.807) is 97.9 Å². The summed E-state index contributed by atoms with van der Waals surface area (Å²) < 4.78 is 5.22. The molecule has 4 aromatic carbocycles. The molecule has 3 N–H and O–H groups in total. The van der Waals surface area contributed by atoms with Crippen molar-refractivity contribution in [3.05, 3.63) is 129 Å². The Morgan fingerprint density at radius 3 is 2.28 bits per heavy atom. The van der Waals surface area contributed by atoms with Gasteiger partial charge in [0.05, 0.1) is 27.5 Å². The van der Waals surface area contributed by atoms with Gasteiger partial charge in [-0.05, 0) is 85.6 Å². The first-order chi connectivity index (χ1) is 22.6. The SMILES string of the molecule is CCCCOC(=O)c1ccc(NC(=O)C(C)Sc2cccc(NC(=O)/C(=C\c3cccc(Cl)c3Cl)NC(=O)c3ccccc3)c2)cc1. The predicted molar refractivity (Wildman–Crippen MR) is 189 cm³/mol. The number of thioether (sulfide) groups is 1. The Morgan fingerprint density at radius 1 is 0.830 bits per heavy atom. The van der Waals surface area contributed by atoms with Crippen LogP contribution >= 0.6 is 35.0 Å². The molecule has 0 radical (unpaired) electrons. The molecule has 0 saturated carbocycles. The van der Waals surface area contributed by atoms with E-state index in [1.165, 1.54) is 17.8 Å². The quantitative estimate of drug-likeness (QED) is 0.0562. The first-order valence-electron chi connectivity index (χ1n) is 14.8. The van der Waals surface area contributed by atoms with E-state index in [1.807, 2.05) is 13.0 Å². The minimum atomic E-state index is -0.587. The average Bonchev–Trinajstić information content (AvgIpc) is 3.07. The Labute approximate surface area is 287 Å². The van der Waals surface area contributed by atoms with Crippen LogP contribution in [-0.2, 0) is 14.3 Å². The fraction of sp³-hybridized carbons (Fsp3) is 0.167. The van der Waals surface area contributed by atoms with Gasteiger partial charge in [0.15, 0.2) is 0 Å². The third-order valence-corrected chi connectivity index (χ3v) is 8.63. The van der Waals surface area contributed by atoms with E-state index >= 15 is 0 Å². The molecule has 1 atom stereocenters. The first kappa shape index (κ1) is 35.3. The van der Waals surface area contributed by atoms with E-state index in [9.17, 15) is 19.2 Å². The van der Waals surface area contributed by atoms with Gasteiger partial charge in [0.1, 0.15) is 5.70 Å². The summed E-state index contributed by atoms with van der Waals surface area (Å²) in [6.45, 7) is 4.15. The van der Waals surface area contributed by atoms with Crippen LogP contribution in [0.5, 0.6) is 0 Å². The minimum Gasteiger partial charge on any atom is -0.462 e. The lowest BCUT2D eigenvalue weighted by atomic mass is 10.1. The Morgan fingerprint density at radius 2 is 1.55 bits per heavy atom. The molecule has 4 aromatic rings. The van der Waals surface area contributed by atoms with Gasteiger partial charge in [0.2, 0.25) is 5.91 Å². The van der Waals surface area contributed by atoms with E-state index in [0.29, 0.717) is 39.7 Å². The Bertz CT molecular complexity index is 1760. The fourth-order valence-electron chi connectivity index (χ4n) is 4.16. The molecule has 0 aliphatic carbocycles. The summed E-state index contributed by atoms with van der Waals surface area (Å²) >= 11 is 13.8. The number of amides is 3. The summed E-state index contributed by atoms with van der Waals surface area (Å²) in [5.74, 6) is -1.71. The van der Waals surface area contributed by atoms with Crippen LogP contribution in [0.4, 0.5) is 11.4 Å². The highest BCUT2D eigenvalue weighted by atomic mass is 35.5. The van der Waals surface area contributed by atoms with Crippen molar-refractivity contribution >= 4 is 76.1 Å². The number of rotatable bonds is 13. The number of hydrogen-bond acceptors (Lipinski definition) is 6. The van der Waals surface area contributed by atoms with Crippen LogP contribution in [0.2, 0.25) is 10.0 Å². The number of anilines is 2. The summed E-state index contributed by atoms with van der Waals surface area (Å²) in [6.07, 6.45) is 3.19.